The number of Topliss-reactive ketones (excluding diaryl/α,β-unsaturated/α-hetero) is 1. The second kappa shape index (κ2) is 12.8. The number of ketones is 1. The minimum Gasteiger partial charge on any atom is -0.378 e. The first-order valence-corrected chi connectivity index (χ1v) is 13.1. The van der Waals surface area contributed by atoms with Crippen LogP contribution in [-0.4, -0.2) is 65.0 Å². The summed E-state index contributed by atoms with van der Waals surface area (Å²) < 4.78 is 10.6. The SMILES string of the molecule is CCC(NC(=O)C(CC(=O)N1CCOCC1)CC1CCCCC1)C(=O)c1noc(-c2ccccc2)n1. The van der Waals surface area contributed by atoms with Gasteiger partial charge in [-0.15, -0.1) is 0 Å². The van der Waals surface area contributed by atoms with Gasteiger partial charge in [0.2, 0.25) is 23.4 Å². The van der Waals surface area contributed by atoms with Crippen LogP contribution in [0.5, 0.6) is 0 Å². The molecule has 1 saturated carbocycles. The highest BCUT2D eigenvalue weighted by Crippen LogP contribution is 2.31. The van der Waals surface area contributed by atoms with Crippen LogP contribution in [-0.2, 0) is 14.3 Å². The maximum Gasteiger partial charge on any atom is 0.258 e. The molecule has 1 aliphatic carbocycles. The first-order chi connectivity index (χ1) is 17.5. The van der Waals surface area contributed by atoms with Crippen LogP contribution in [0.25, 0.3) is 11.5 Å². The number of morpholine rings is 1. The summed E-state index contributed by atoms with van der Waals surface area (Å²) in [6.07, 6.45) is 6.89. The van der Waals surface area contributed by atoms with Crippen LogP contribution < -0.4 is 5.32 Å². The Morgan fingerprint density at radius 1 is 1.08 bits per heavy atom. The number of carbonyl (C=O) groups excluding carboxylic acids is 3. The Kier molecular flexibility index (Phi) is 9.22. The largest absolute Gasteiger partial charge is 0.378 e. The molecule has 0 spiro atoms. The van der Waals surface area contributed by atoms with Crippen molar-refractivity contribution < 1.29 is 23.6 Å². The Labute approximate surface area is 212 Å². The number of benzene rings is 1. The summed E-state index contributed by atoms with van der Waals surface area (Å²) in [5.41, 5.74) is 0.718. The molecule has 0 radical (unpaired) electrons. The molecule has 2 heterocycles. The summed E-state index contributed by atoms with van der Waals surface area (Å²) in [6, 6.07) is 8.43. The molecule has 9 heteroatoms. The molecule has 2 aromatic rings. The second-order valence-electron chi connectivity index (χ2n) is 9.76. The predicted molar refractivity (Wildman–Crippen MR) is 133 cm³/mol. The first-order valence-electron chi connectivity index (χ1n) is 13.1. The zero-order chi connectivity index (χ0) is 25.3. The van der Waals surface area contributed by atoms with Gasteiger partial charge < -0.3 is 19.5 Å². The van der Waals surface area contributed by atoms with E-state index in [9.17, 15) is 14.4 Å². The fourth-order valence-electron chi connectivity index (χ4n) is 5.08. The smallest absolute Gasteiger partial charge is 0.258 e. The molecule has 36 heavy (non-hydrogen) atoms. The van der Waals surface area contributed by atoms with Crippen molar-refractivity contribution in [2.75, 3.05) is 26.3 Å². The van der Waals surface area contributed by atoms with Gasteiger partial charge in [-0.1, -0.05) is 62.4 Å². The summed E-state index contributed by atoms with van der Waals surface area (Å²) in [7, 11) is 0. The number of hydrogen-bond acceptors (Lipinski definition) is 7. The van der Waals surface area contributed by atoms with Crippen molar-refractivity contribution in [2.24, 2.45) is 11.8 Å². The monoisotopic (exact) mass is 496 g/mol. The van der Waals surface area contributed by atoms with Crippen molar-refractivity contribution in [3.63, 3.8) is 0 Å². The Morgan fingerprint density at radius 2 is 1.81 bits per heavy atom. The van der Waals surface area contributed by atoms with Gasteiger partial charge in [0.05, 0.1) is 19.3 Å². The van der Waals surface area contributed by atoms with Crippen LogP contribution in [0.3, 0.4) is 0 Å². The van der Waals surface area contributed by atoms with E-state index in [0.29, 0.717) is 45.1 Å². The van der Waals surface area contributed by atoms with Gasteiger partial charge in [-0.05, 0) is 30.9 Å². The van der Waals surface area contributed by atoms with Gasteiger partial charge in [0, 0.05) is 31.0 Å². The predicted octanol–water partition coefficient (Wildman–Crippen LogP) is 3.65. The molecule has 194 valence electrons. The number of hydrogen-bond donors (Lipinski definition) is 1. The van der Waals surface area contributed by atoms with Gasteiger partial charge in [0.25, 0.3) is 5.89 Å². The highest BCUT2D eigenvalue weighted by Gasteiger charge is 2.32. The van der Waals surface area contributed by atoms with Gasteiger partial charge in [-0.3, -0.25) is 14.4 Å². The van der Waals surface area contributed by atoms with Crippen molar-refractivity contribution in [1.82, 2.24) is 20.4 Å². The fraction of sp³-hybridized carbons (Fsp3) is 0.593. The number of carbonyl (C=O) groups is 3. The molecule has 4 rings (SSSR count). The average Bonchev–Trinajstić information content (AvgIpc) is 3.43. The molecule has 1 N–H and O–H groups in total. The van der Waals surface area contributed by atoms with Crippen LogP contribution >= 0.6 is 0 Å². The zero-order valence-electron chi connectivity index (χ0n) is 21.0. The highest BCUT2D eigenvalue weighted by molar-refractivity contribution is 5.99. The van der Waals surface area contributed by atoms with Crippen molar-refractivity contribution in [3.05, 3.63) is 36.2 Å². The molecular weight excluding hydrogens is 460 g/mol. The lowest BCUT2D eigenvalue weighted by Crippen LogP contribution is -2.46. The summed E-state index contributed by atoms with van der Waals surface area (Å²) in [5, 5.41) is 6.76. The second-order valence-corrected chi connectivity index (χ2v) is 9.76. The van der Waals surface area contributed by atoms with E-state index in [1.807, 2.05) is 37.3 Å². The number of aromatic nitrogens is 2. The molecule has 2 atom stereocenters. The summed E-state index contributed by atoms with van der Waals surface area (Å²) in [4.78, 5) is 45.6. The number of nitrogens with zero attached hydrogens (tertiary/aromatic N) is 3. The Balaban J connectivity index is 1.43. The van der Waals surface area contributed by atoms with E-state index in [0.717, 1.165) is 31.2 Å². The van der Waals surface area contributed by atoms with E-state index in [1.165, 1.54) is 6.42 Å². The van der Waals surface area contributed by atoms with Crippen LogP contribution in [0.2, 0.25) is 0 Å². The molecule has 9 nitrogen and oxygen atoms in total. The average molecular weight is 497 g/mol. The van der Waals surface area contributed by atoms with Gasteiger partial charge in [0.1, 0.15) is 0 Å². The van der Waals surface area contributed by atoms with Crippen LogP contribution in [0, 0.1) is 11.8 Å². The maximum absolute atomic E-state index is 13.4. The number of nitrogens with one attached hydrogen (secondary N) is 1. The van der Waals surface area contributed by atoms with Gasteiger partial charge in [-0.25, -0.2) is 0 Å². The molecule has 2 amide bonds. The molecule has 2 aliphatic rings. The Bertz CT molecular complexity index is 1010. The fourth-order valence-corrected chi connectivity index (χ4v) is 5.08. The quantitative estimate of drug-likeness (QED) is 0.499. The summed E-state index contributed by atoms with van der Waals surface area (Å²) >= 11 is 0. The van der Waals surface area contributed by atoms with Gasteiger partial charge in [-0.2, -0.15) is 4.98 Å². The van der Waals surface area contributed by atoms with Gasteiger partial charge in [0.15, 0.2) is 0 Å². The lowest BCUT2D eigenvalue weighted by Gasteiger charge is -2.30. The maximum atomic E-state index is 13.4. The van der Waals surface area contributed by atoms with Gasteiger partial charge >= 0.3 is 0 Å². The Morgan fingerprint density at radius 3 is 2.50 bits per heavy atom. The molecule has 1 aromatic carbocycles. The third-order valence-electron chi connectivity index (χ3n) is 7.21. The van der Waals surface area contributed by atoms with E-state index in [2.05, 4.69) is 15.5 Å². The summed E-state index contributed by atoms with van der Waals surface area (Å²) in [5.74, 6) is -0.536. The van der Waals surface area contributed by atoms with E-state index >= 15 is 0 Å². The first kappa shape index (κ1) is 26.0. The minimum atomic E-state index is -0.786. The molecular formula is C27H36N4O5. The number of amides is 2. The topological polar surface area (TPSA) is 115 Å². The third-order valence-corrected chi connectivity index (χ3v) is 7.21. The van der Waals surface area contributed by atoms with E-state index in [1.54, 1.807) is 4.90 Å². The van der Waals surface area contributed by atoms with Crippen LogP contribution in [0.4, 0.5) is 0 Å². The normalized spacial score (nSPS) is 18.4. The van der Waals surface area contributed by atoms with Crippen LogP contribution in [0.1, 0.15) is 68.9 Å². The summed E-state index contributed by atoms with van der Waals surface area (Å²) in [6.45, 7) is 3.97. The van der Waals surface area contributed by atoms with Crippen molar-refractivity contribution in [1.29, 1.82) is 0 Å². The molecule has 1 saturated heterocycles. The molecule has 2 fully saturated rings. The standard InChI is InChI=1S/C27H36N4O5/c1-2-22(24(33)25-29-27(36-30-25)20-11-7-4-8-12-20)28-26(34)21(17-19-9-5-3-6-10-19)18-23(32)31-13-15-35-16-14-31/h4,7-8,11-12,19,21-22H,2-3,5-6,9-10,13-18H2,1H3,(H,28,34). The third kappa shape index (κ3) is 6.78. The highest BCUT2D eigenvalue weighted by atomic mass is 16.5. The van der Waals surface area contributed by atoms with E-state index < -0.39 is 17.7 Å². The molecule has 0 bridgehead atoms. The van der Waals surface area contributed by atoms with Crippen LogP contribution in [0.15, 0.2) is 34.9 Å². The molecule has 2 unspecified atom stereocenters. The van der Waals surface area contributed by atoms with Crippen molar-refractivity contribution in [2.45, 2.75) is 64.3 Å². The van der Waals surface area contributed by atoms with Crippen molar-refractivity contribution in [3.8, 4) is 11.5 Å². The number of rotatable bonds is 10. The Hall–Kier alpha value is -3.07. The van der Waals surface area contributed by atoms with E-state index in [4.69, 9.17) is 9.26 Å². The van der Waals surface area contributed by atoms with Crippen molar-refractivity contribution >= 4 is 17.6 Å². The molecule has 1 aliphatic heterocycles. The van der Waals surface area contributed by atoms with E-state index in [-0.39, 0.29) is 30.0 Å². The lowest BCUT2D eigenvalue weighted by atomic mass is 9.81. The zero-order valence-corrected chi connectivity index (χ0v) is 21.0. The lowest BCUT2D eigenvalue weighted by molar-refractivity contribution is -0.140. The minimum absolute atomic E-state index is 0.0284. The number of ether oxygens (including phenoxy) is 1. The molecule has 1 aromatic heterocycles.